The monoisotopic (exact) mass is 334 g/mol. The van der Waals surface area contributed by atoms with Crippen molar-refractivity contribution in [3.8, 4) is 11.8 Å². The third-order valence-electron chi connectivity index (χ3n) is 3.60. The second kappa shape index (κ2) is 6.89. The summed E-state index contributed by atoms with van der Waals surface area (Å²) in [5.41, 5.74) is 1.62. The summed E-state index contributed by atoms with van der Waals surface area (Å²) in [5.74, 6) is -0.0395. The highest BCUT2D eigenvalue weighted by Crippen LogP contribution is 2.21. The highest BCUT2D eigenvalue weighted by atomic mass is 16.5. The minimum absolute atomic E-state index is 0.242. The zero-order valence-electron chi connectivity index (χ0n) is 13.4. The normalized spacial score (nSPS) is 10.2. The fourth-order valence-corrected chi connectivity index (χ4v) is 2.43. The van der Waals surface area contributed by atoms with E-state index in [2.05, 4.69) is 5.32 Å². The fraction of sp³-hybridized carbons (Fsp3) is 0.105. The summed E-state index contributed by atoms with van der Waals surface area (Å²) < 4.78 is 10.5. The molecule has 0 aliphatic heterocycles. The van der Waals surface area contributed by atoms with Crippen LogP contribution in [0.1, 0.15) is 11.1 Å². The van der Waals surface area contributed by atoms with Crippen molar-refractivity contribution in [2.75, 3.05) is 11.9 Å². The topological polar surface area (TPSA) is 92.3 Å². The van der Waals surface area contributed by atoms with E-state index in [0.29, 0.717) is 22.6 Å². The van der Waals surface area contributed by atoms with E-state index in [1.165, 1.54) is 6.07 Å². The zero-order valence-corrected chi connectivity index (χ0v) is 13.4. The molecule has 3 rings (SSSR count). The van der Waals surface area contributed by atoms with E-state index >= 15 is 0 Å². The molecule has 1 aromatic heterocycles. The number of fused-ring (bicyclic) bond motifs is 1. The number of hydrogen-bond acceptors (Lipinski definition) is 5. The molecule has 0 aliphatic carbocycles. The Labute approximate surface area is 143 Å². The number of nitrogens with one attached hydrogen (secondary N) is 1. The molecule has 0 unspecified atom stereocenters. The van der Waals surface area contributed by atoms with Gasteiger partial charge in [0, 0.05) is 23.2 Å². The molecule has 0 aliphatic rings. The summed E-state index contributed by atoms with van der Waals surface area (Å²) in [7, 11) is 0. The van der Waals surface area contributed by atoms with Crippen molar-refractivity contribution >= 4 is 22.6 Å². The van der Waals surface area contributed by atoms with Crippen molar-refractivity contribution in [2.24, 2.45) is 0 Å². The summed E-state index contributed by atoms with van der Waals surface area (Å²) in [6, 6.07) is 15.2. The number of ether oxygens (including phenoxy) is 1. The predicted molar refractivity (Wildman–Crippen MR) is 92.5 cm³/mol. The molecule has 0 spiro atoms. The first kappa shape index (κ1) is 16.3. The Morgan fingerprint density at radius 3 is 2.84 bits per heavy atom. The molecule has 3 aromatic rings. The molecule has 25 heavy (non-hydrogen) atoms. The van der Waals surface area contributed by atoms with Gasteiger partial charge in [-0.1, -0.05) is 12.1 Å². The van der Waals surface area contributed by atoms with Gasteiger partial charge in [0.1, 0.15) is 17.4 Å². The van der Waals surface area contributed by atoms with E-state index in [0.717, 1.165) is 10.9 Å². The number of carbonyl (C=O) groups is 1. The quantitative estimate of drug-likeness (QED) is 0.741. The highest BCUT2D eigenvalue weighted by Gasteiger charge is 2.08. The number of rotatable bonds is 4. The number of anilines is 1. The Bertz CT molecular complexity index is 1050. The number of hydrogen-bond donors (Lipinski definition) is 1. The largest absolute Gasteiger partial charge is 0.482 e. The summed E-state index contributed by atoms with van der Waals surface area (Å²) in [5, 5.41) is 12.5. The van der Waals surface area contributed by atoms with Crippen LogP contribution in [-0.2, 0) is 4.79 Å². The first-order valence-corrected chi connectivity index (χ1v) is 7.53. The highest BCUT2D eigenvalue weighted by molar-refractivity contribution is 5.94. The van der Waals surface area contributed by atoms with Crippen LogP contribution in [0.5, 0.6) is 5.75 Å². The molecule has 6 heteroatoms. The van der Waals surface area contributed by atoms with Crippen LogP contribution < -0.4 is 15.7 Å². The van der Waals surface area contributed by atoms with Crippen LogP contribution in [0.15, 0.2) is 57.7 Å². The third kappa shape index (κ3) is 3.67. The van der Waals surface area contributed by atoms with E-state index in [1.807, 2.05) is 13.0 Å². The summed E-state index contributed by atoms with van der Waals surface area (Å²) in [6.07, 6.45) is 0. The van der Waals surface area contributed by atoms with E-state index < -0.39 is 5.63 Å². The second-order valence-corrected chi connectivity index (χ2v) is 5.40. The Morgan fingerprint density at radius 1 is 1.24 bits per heavy atom. The van der Waals surface area contributed by atoms with Crippen LogP contribution in [0, 0.1) is 18.3 Å². The van der Waals surface area contributed by atoms with Gasteiger partial charge in [-0.15, -0.1) is 0 Å². The van der Waals surface area contributed by atoms with Gasteiger partial charge in [-0.3, -0.25) is 4.79 Å². The van der Waals surface area contributed by atoms with Crippen molar-refractivity contribution in [1.29, 1.82) is 5.26 Å². The lowest BCUT2D eigenvalue weighted by Gasteiger charge is -2.09. The van der Waals surface area contributed by atoms with Crippen LogP contribution in [0.2, 0.25) is 0 Å². The molecule has 0 saturated heterocycles. The second-order valence-electron chi connectivity index (χ2n) is 5.40. The average molecular weight is 334 g/mol. The van der Waals surface area contributed by atoms with E-state index in [9.17, 15) is 9.59 Å². The fourth-order valence-electron chi connectivity index (χ4n) is 2.43. The van der Waals surface area contributed by atoms with Crippen LogP contribution >= 0.6 is 0 Å². The molecule has 0 atom stereocenters. The average Bonchev–Trinajstić information content (AvgIpc) is 2.59. The molecule has 124 valence electrons. The maximum absolute atomic E-state index is 12.0. The van der Waals surface area contributed by atoms with Crippen molar-refractivity contribution in [3.63, 3.8) is 0 Å². The molecule has 6 nitrogen and oxygen atoms in total. The predicted octanol–water partition coefficient (Wildman–Crippen LogP) is 2.99. The van der Waals surface area contributed by atoms with Crippen LogP contribution in [0.25, 0.3) is 11.0 Å². The lowest BCUT2D eigenvalue weighted by atomic mass is 10.1. The van der Waals surface area contributed by atoms with Gasteiger partial charge in [0.05, 0.1) is 5.56 Å². The maximum Gasteiger partial charge on any atom is 0.336 e. The summed E-state index contributed by atoms with van der Waals surface area (Å²) in [4.78, 5) is 23.5. The number of benzene rings is 2. The molecular formula is C19H14N2O4. The van der Waals surface area contributed by atoms with Gasteiger partial charge in [-0.05, 0) is 36.8 Å². The number of carbonyl (C=O) groups excluding carboxylic acids is 1. The molecule has 1 N–H and O–H groups in total. The van der Waals surface area contributed by atoms with E-state index in [4.69, 9.17) is 14.4 Å². The lowest BCUT2D eigenvalue weighted by molar-refractivity contribution is -0.118. The number of amides is 1. The number of para-hydroxylation sites is 1. The van der Waals surface area contributed by atoms with Crippen molar-refractivity contribution in [1.82, 2.24) is 0 Å². The zero-order chi connectivity index (χ0) is 17.8. The standard InChI is InChI=1S/C19H14N2O4/c1-12-8-19(23)25-17-9-14(6-7-15(12)17)21-18(22)11-24-16-5-3-2-4-13(16)10-20/h2-9H,11H2,1H3,(H,21,22). The van der Waals surface area contributed by atoms with Crippen molar-refractivity contribution in [2.45, 2.75) is 6.92 Å². The van der Waals surface area contributed by atoms with E-state index in [1.54, 1.807) is 42.5 Å². The van der Waals surface area contributed by atoms with E-state index in [-0.39, 0.29) is 12.5 Å². The molecule has 0 fully saturated rings. The lowest BCUT2D eigenvalue weighted by Crippen LogP contribution is -2.20. The van der Waals surface area contributed by atoms with Crippen LogP contribution in [-0.4, -0.2) is 12.5 Å². The smallest absolute Gasteiger partial charge is 0.336 e. The SMILES string of the molecule is Cc1cc(=O)oc2cc(NC(=O)COc3ccccc3C#N)ccc12. The first-order valence-electron chi connectivity index (χ1n) is 7.53. The number of aryl methyl sites for hydroxylation is 1. The molecule has 2 aromatic carbocycles. The number of nitriles is 1. The molecule has 0 saturated carbocycles. The summed E-state index contributed by atoms with van der Waals surface area (Å²) >= 11 is 0. The molecule has 1 amide bonds. The summed E-state index contributed by atoms with van der Waals surface area (Å²) in [6.45, 7) is 1.58. The molecule has 0 bridgehead atoms. The Morgan fingerprint density at radius 2 is 2.04 bits per heavy atom. The minimum atomic E-state index is -0.440. The Balaban J connectivity index is 1.72. The van der Waals surface area contributed by atoms with Crippen LogP contribution in [0.4, 0.5) is 5.69 Å². The van der Waals surface area contributed by atoms with Gasteiger partial charge in [0.15, 0.2) is 6.61 Å². The maximum atomic E-state index is 12.0. The van der Waals surface area contributed by atoms with Gasteiger partial charge >= 0.3 is 5.63 Å². The van der Waals surface area contributed by atoms with Gasteiger partial charge in [-0.2, -0.15) is 5.26 Å². The van der Waals surface area contributed by atoms with Gasteiger partial charge in [-0.25, -0.2) is 4.79 Å². The minimum Gasteiger partial charge on any atom is -0.482 e. The molecule has 0 radical (unpaired) electrons. The molecular weight excluding hydrogens is 320 g/mol. The first-order chi connectivity index (χ1) is 12.1. The number of nitrogens with zero attached hydrogens (tertiary/aromatic N) is 1. The third-order valence-corrected chi connectivity index (χ3v) is 3.60. The Hall–Kier alpha value is -3.59. The van der Waals surface area contributed by atoms with Gasteiger partial charge in [0.2, 0.25) is 0 Å². The van der Waals surface area contributed by atoms with Gasteiger partial charge < -0.3 is 14.5 Å². The molecule has 1 heterocycles. The van der Waals surface area contributed by atoms with Crippen molar-refractivity contribution in [3.05, 3.63) is 70.1 Å². The van der Waals surface area contributed by atoms with Crippen LogP contribution in [0.3, 0.4) is 0 Å². The van der Waals surface area contributed by atoms with Crippen molar-refractivity contribution < 1.29 is 13.9 Å². The van der Waals surface area contributed by atoms with Gasteiger partial charge in [0.25, 0.3) is 5.91 Å². The Kier molecular flexibility index (Phi) is 4.48.